The van der Waals surface area contributed by atoms with Crippen molar-refractivity contribution in [2.75, 3.05) is 43.5 Å². The second-order valence-electron chi connectivity index (χ2n) is 7.73. The fourth-order valence-electron chi connectivity index (χ4n) is 3.87. The summed E-state index contributed by atoms with van der Waals surface area (Å²) in [6, 6.07) is 4.07. The molecule has 3 aromatic rings. The van der Waals surface area contributed by atoms with E-state index < -0.39 is 10.0 Å². The first-order valence-corrected chi connectivity index (χ1v) is 11.4. The molecule has 0 radical (unpaired) electrons. The van der Waals surface area contributed by atoms with Gasteiger partial charge in [-0.2, -0.15) is 0 Å². The summed E-state index contributed by atoms with van der Waals surface area (Å²) in [7, 11) is -3.24. The Morgan fingerprint density at radius 1 is 1.14 bits per heavy atom. The number of pyridine rings is 2. The highest BCUT2D eigenvalue weighted by Crippen LogP contribution is 2.31. The van der Waals surface area contributed by atoms with Crippen LogP contribution in [0.1, 0.15) is 12.8 Å². The third kappa shape index (κ3) is 3.57. The molecule has 28 heavy (non-hydrogen) atoms. The molecule has 1 saturated carbocycles. The molecule has 0 spiro atoms. The van der Waals surface area contributed by atoms with Gasteiger partial charge in [-0.05, 0) is 30.9 Å². The van der Waals surface area contributed by atoms with Crippen molar-refractivity contribution in [2.24, 2.45) is 5.92 Å². The molecule has 0 aromatic carbocycles. The molecule has 1 saturated heterocycles. The van der Waals surface area contributed by atoms with Crippen LogP contribution >= 0.6 is 0 Å². The summed E-state index contributed by atoms with van der Waals surface area (Å²) in [5.74, 6) is 0.628. The first-order valence-electron chi connectivity index (χ1n) is 9.74. The quantitative estimate of drug-likeness (QED) is 0.652. The number of piperazine rings is 1. The summed E-state index contributed by atoms with van der Waals surface area (Å²) < 4.78 is 27.3. The molecule has 4 heterocycles. The van der Waals surface area contributed by atoms with Gasteiger partial charge < -0.3 is 9.88 Å². The maximum atomic E-state index is 12.3. The monoisotopic (exact) mass is 400 g/mol. The Hall–Kier alpha value is -2.23. The zero-order valence-electron chi connectivity index (χ0n) is 15.6. The highest BCUT2D eigenvalue weighted by molar-refractivity contribution is 7.89. The molecule has 2 aliphatic rings. The van der Waals surface area contributed by atoms with Crippen LogP contribution in [-0.4, -0.2) is 66.9 Å². The second-order valence-corrected chi connectivity index (χ2v) is 9.51. The van der Waals surface area contributed by atoms with E-state index in [0.29, 0.717) is 12.5 Å². The highest BCUT2D eigenvalue weighted by atomic mass is 32.2. The topological polar surface area (TPSA) is 94.2 Å². The molecule has 8 nitrogen and oxygen atoms in total. The van der Waals surface area contributed by atoms with Gasteiger partial charge in [0.15, 0.2) is 0 Å². The lowest BCUT2D eigenvalue weighted by Gasteiger charge is -2.36. The van der Waals surface area contributed by atoms with E-state index in [1.165, 1.54) is 0 Å². The molecule has 9 heteroatoms. The minimum absolute atomic E-state index is 0.0800. The Morgan fingerprint density at radius 2 is 1.96 bits per heavy atom. The summed E-state index contributed by atoms with van der Waals surface area (Å²) in [5, 5.41) is 2.16. The number of H-pyrrole nitrogens is 1. The predicted octanol–water partition coefficient (Wildman–Crippen LogP) is 1.52. The molecule has 0 bridgehead atoms. The average Bonchev–Trinajstić information content (AvgIpc) is 3.41. The fraction of sp³-hybridized carbons (Fsp3) is 0.474. The van der Waals surface area contributed by atoms with Crippen LogP contribution in [-0.2, 0) is 10.0 Å². The number of fused-ring (bicyclic) bond motifs is 3. The lowest BCUT2D eigenvalue weighted by Crippen LogP contribution is -2.49. The van der Waals surface area contributed by atoms with Crippen molar-refractivity contribution < 1.29 is 8.42 Å². The maximum absolute atomic E-state index is 12.3. The molecule has 1 aliphatic heterocycles. The SMILES string of the molecule is O=S(=O)(CN1CCN(c2ccnc3cnc4[nH]ccc4c23)CC1)NCC1CC1. The van der Waals surface area contributed by atoms with E-state index in [9.17, 15) is 8.42 Å². The lowest BCUT2D eigenvalue weighted by molar-refractivity contribution is 0.293. The lowest BCUT2D eigenvalue weighted by atomic mass is 10.1. The van der Waals surface area contributed by atoms with Gasteiger partial charge in [-0.1, -0.05) is 0 Å². The summed E-state index contributed by atoms with van der Waals surface area (Å²) in [4.78, 5) is 16.4. The number of aromatic amines is 1. The number of anilines is 1. The van der Waals surface area contributed by atoms with Gasteiger partial charge in [-0.3, -0.25) is 9.88 Å². The van der Waals surface area contributed by atoms with Crippen LogP contribution in [0.3, 0.4) is 0 Å². The van der Waals surface area contributed by atoms with Gasteiger partial charge in [-0.25, -0.2) is 18.1 Å². The van der Waals surface area contributed by atoms with Crippen molar-refractivity contribution in [1.29, 1.82) is 0 Å². The van der Waals surface area contributed by atoms with Crippen molar-refractivity contribution in [3.8, 4) is 0 Å². The van der Waals surface area contributed by atoms with E-state index in [0.717, 1.165) is 66.6 Å². The van der Waals surface area contributed by atoms with Crippen LogP contribution in [0.5, 0.6) is 0 Å². The molecule has 0 unspecified atom stereocenters. The summed E-state index contributed by atoms with van der Waals surface area (Å²) in [6.45, 7) is 3.59. The van der Waals surface area contributed by atoms with Gasteiger partial charge in [0.25, 0.3) is 0 Å². The molecule has 0 atom stereocenters. The maximum Gasteiger partial charge on any atom is 0.224 e. The summed E-state index contributed by atoms with van der Waals surface area (Å²) in [6.07, 6.45) is 7.80. The minimum atomic E-state index is -3.24. The van der Waals surface area contributed by atoms with Crippen LogP contribution in [0.2, 0.25) is 0 Å². The van der Waals surface area contributed by atoms with E-state index >= 15 is 0 Å². The molecular weight excluding hydrogens is 376 g/mol. The first kappa shape index (κ1) is 17.8. The number of hydrogen-bond donors (Lipinski definition) is 2. The predicted molar refractivity (Wildman–Crippen MR) is 110 cm³/mol. The summed E-state index contributed by atoms with van der Waals surface area (Å²) in [5.41, 5.74) is 2.86. The summed E-state index contributed by atoms with van der Waals surface area (Å²) >= 11 is 0. The number of rotatable bonds is 6. The average molecular weight is 401 g/mol. The number of nitrogens with one attached hydrogen (secondary N) is 2. The van der Waals surface area contributed by atoms with E-state index in [4.69, 9.17) is 0 Å². The van der Waals surface area contributed by atoms with Crippen molar-refractivity contribution >= 4 is 37.6 Å². The van der Waals surface area contributed by atoms with Crippen LogP contribution in [0.25, 0.3) is 21.9 Å². The zero-order valence-corrected chi connectivity index (χ0v) is 16.5. The molecule has 2 fully saturated rings. The van der Waals surface area contributed by atoms with Crippen molar-refractivity contribution in [1.82, 2.24) is 24.6 Å². The first-order chi connectivity index (χ1) is 13.6. The second kappa shape index (κ2) is 6.98. The molecule has 5 rings (SSSR count). The molecule has 2 N–H and O–H groups in total. The van der Waals surface area contributed by atoms with E-state index in [1.54, 1.807) is 6.20 Å². The van der Waals surface area contributed by atoms with Crippen LogP contribution in [0.15, 0.2) is 30.7 Å². The van der Waals surface area contributed by atoms with Crippen molar-refractivity contribution in [2.45, 2.75) is 12.8 Å². The van der Waals surface area contributed by atoms with Gasteiger partial charge in [-0.15, -0.1) is 0 Å². The third-order valence-electron chi connectivity index (χ3n) is 5.62. The van der Waals surface area contributed by atoms with Gasteiger partial charge in [0.2, 0.25) is 10.0 Å². The Morgan fingerprint density at radius 3 is 2.75 bits per heavy atom. The Labute approximate surface area is 164 Å². The Bertz CT molecular complexity index is 1100. The normalized spacial score (nSPS) is 18.9. The number of nitrogens with zero attached hydrogens (tertiary/aromatic N) is 4. The Balaban J connectivity index is 1.31. The zero-order chi connectivity index (χ0) is 19.1. The van der Waals surface area contributed by atoms with Gasteiger partial charge in [0, 0.05) is 61.6 Å². The molecule has 0 amide bonds. The smallest absolute Gasteiger partial charge is 0.224 e. The molecule has 148 valence electrons. The van der Waals surface area contributed by atoms with Crippen molar-refractivity contribution in [3.05, 3.63) is 30.7 Å². The third-order valence-corrected chi connectivity index (χ3v) is 6.93. The molecule has 1 aliphatic carbocycles. The molecular formula is C19H24N6O2S. The van der Waals surface area contributed by atoms with Crippen LogP contribution in [0.4, 0.5) is 5.69 Å². The fourth-order valence-corrected chi connectivity index (χ4v) is 5.19. The largest absolute Gasteiger partial charge is 0.368 e. The van der Waals surface area contributed by atoms with E-state index in [2.05, 4.69) is 24.6 Å². The minimum Gasteiger partial charge on any atom is -0.368 e. The highest BCUT2D eigenvalue weighted by Gasteiger charge is 2.26. The van der Waals surface area contributed by atoms with Gasteiger partial charge >= 0.3 is 0 Å². The number of hydrogen-bond acceptors (Lipinski definition) is 6. The van der Waals surface area contributed by atoms with E-state index in [1.807, 2.05) is 29.4 Å². The number of sulfonamides is 1. The standard InChI is InChI=1S/C19H24N6O2S/c26-28(27,23-11-14-1-2-14)13-24-7-9-25(10-8-24)17-4-6-20-16-12-22-19-15(18(16)17)3-5-21-19/h3-6,12,14,23H,1-2,7-11,13H2,(H,21,22). The van der Waals surface area contributed by atoms with E-state index in [-0.39, 0.29) is 5.88 Å². The van der Waals surface area contributed by atoms with Crippen LogP contribution in [0, 0.1) is 5.92 Å². The number of aromatic nitrogens is 3. The molecule has 3 aromatic heterocycles. The van der Waals surface area contributed by atoms with Gasteiger partial charge in [0.05, 0.1) is 11.7 Å². The van der Waals surface area contributed by atoms with Gasteiger partial charge in [0.1, 0.15) is 11.5 Å². The van der Waals surface area contributed by atoms with Crippen molar-refractivity contribution in [3.63, 3.8) is 0 Å². The van der Waals surface area contributed by atoms with Crippen LogP contribution < -0.4 is 9.62 Å². The Kier molecular flexibility index (Phi) is 4.45.